The van der Waals surface area contributed by atoms with Crippen molar-refractivity contribution in [1.29, 1.82) is 0 Å². The van der Waals surface area contributed by atoms with Gasteiger partial charge in [0.1, 0.15) is 0 Å². The van der Waals surface area contributed by atoms with Gasteiger partial charge >= 0.3 is 0 Å². The van der Waals surface area contributed by atoms with Crippen LogP contribution in [0.25, 0.3) is 0 Å². The zero-order valence-corrected chi connectivity index (χ0v) is 13.3. The highest BCUT2D eigenvalue weighted by Gasteiger charge is 2.38. The van der Waals surface area contributed by atoms with Gasteiger partial charge in [-0.3, -0.25) is 4.68 Å². The van der Waals surface area contributed by atoms with Gasteiger partial charge in [-0.1, -0.05) is 0 Å². The van der Waals surface area contributed by atoms with Crippen LogP contribution in [0.4, 0.5) is 0 Å². The molecule has 0 unspecified atom stereocenters. The molecule has 5 heteroatoms. The molecule has 0 aromatic carbocycles. The zero-order valence-electron chi connectivity index (χ0n) is 11.8. The van der Waals surface area contributed by atoms with Crippen molar-refractivity contribution in [3.8, 4) is 0 Å². The molecule has 0 spiro atoms. The molecule has 1 N–H and O–H groups in total. The van der Waals surface area contributed by atoms with Crippen LogP contribution in [0.15, 0.2) is 4.47 Å². The molecule has 1 fully saturated rings. The lowest BCUT2D eigenvalue weighted by Gasteiger charge is -2.47. The third kappa shape index (κ3) is 2.49. The van der Waals surface area contributed by atoms with Gasteiger partial charge in [-0.2, -0.15) is 5.10 Å². The van der Waals surface area contributed by atoms with Crippen LogP contribution in [0.3, 0.4) is 0 Å². The number of likely N-dealkylation sites (N-methyl/N-ethyl adjacent to an activating group) is 1. The summed E-state index contributed by atoms with van der Waals surface area (Å²) in [6.07, 6.45) is 3.96. The molecule has 1 aromatic heterocycles. The molecular weight excluding hydrogens is 292 g/mol. The Bertz CT molecular complexity index is 421. The van der Waals surface area contributed by atoms with E-state index in [1.807, 2.05) is 18.7 Å². The highest BCUT2D eigenvalue weighted by atomic mass is 79.9. The molecule has 1 saturated carbocycles. The van der Waals surface area contributed by atoms with Crippen molar-refractivity contribution in [1.82, 2.24) is 20.0 Å². The smallest absolute Gasteiger partial charge is 0.0739 e. The summed E-state index contributed by atoms with van der Waals surface area (Å²) in [5, 5.41) is 8.00. The van der Waals surface area contributed by atoms with Crippen LogP contribution in [0.5, 0.6) is 0 Å². The van der Waals surface area contributed by atoms with E-state index in [1.54, 1.807) is 0 Å². The summed E-state index contributed by atoms with van der Waals surface area (Å²) in [5.41, 5.74) is 2.65. The summed E-state index contributed by atoms with van der Waals surface area (Å²) in [7, 11) is 6.37. The first-order valence-electron chi connectivity index (χ1n) is 6.52. The number of nitrogens with zero attached hydrogens (tertiary/aromatic N) is 3. The topological polar surface area (TPSA) is 33.1 Å². The normalized spacial score (nSPS) is 18.1. The van der Waals surface area contributed by atoms with Crippen molar-refractivity contribution in [2.24, 2.45) is 7.05 Å². The van der Waals surface area contributed by atoms with Gasteiger partial charge in [0.2, 0.25) is 0 Å². The lowest BCUT2D eigenvalue weighted by Crippen LogP contribution is -2.56. The summed E-state index contributed by atoms with van der Waals surface area (Å²) in [6, 6.07) is 0. The lowest BCUT2D eigenvalue weighted by atomic mass is 9.75. The Hall–Kier alpha value is -0.390. The molecule has 0 atom stereocenters. The Balaban J connectivity index is 1.92. The SMILES string of the molecule is Cc1nn(C)c(CNCC2(N(C)C)CCC2)c1Br. The second-order valence-electron chi connectivity index (χ2n) is 5.55. The highest BCUT2D eigenvalue weighted by Crippen LogP contribution is 2.35. The van der Waals surface area contributed by atoms with Crippen LogP contribution in [0.2, 0.25) is 0 Å². The standard InChI is InChI=1S/C13H23BrN4/c1-10-12(14)11(18(4)16-10)8-15-9-13(17(2)3)6-5-7-13/h15H,5-9H2,1-4H3. The van der Waals surface area contributed by atoms with Crippen molar-refractivity contribution in [2.45, 2.75) is 38.3 Å². The van der Waals surface area contributed by atoms with Crippen LogP contribution < -0.4 is 5.32 Å². The van der Waals surface area contributed by atoms with Crippen LogP contribution in [0, 0.1) is 6.92 Å². The van der Waals surface area contributed by atoms with Crippen molar-refractivity contribution < 1.29 is 0 Å². The Morgan fingerprint density at radius 3 is 2.50 bits per heavy atom. The molecule has 0 bridgehead atoms. The predicted molar refractivity (Wildman–Crippen MR) is 77.6 cm³/mol. The van der Waals surface area contributed by atoms with Gasteiger partial charge in [0, 0.05) is 25.7 Å². The van der Waals surface area contributed by atoms with Crippen molar-refractivity contribution in [2.75, 3.05) is 20.6 Å². The average Bonchev–Trinajstić information content (AvgIpc) is 2.47. The maximum Gasteiger partial charge on any atom is 0.0739 e. The molecule has 0 aliphatic heterocycles. The molecule has 2 rings (SSSR count). The summed E-state index contributed by atoms with van der Waals surface area (Å²) in [4.78, 5) is 2.37. The van der Waals surface area contributed by atoms with E-state index in [4.69, 9.17) is 0 Å². The third-order valence-corrected chi connectivity index (χ3v) is 5.27. The fraction of sp³-hybridized carbons (Fsp3) is 0.769. The largest absolute Gasteiger partial charge is 0.309 e. The second-order valence-corrected chi connectivity index (χ2v) is 6.34. The quantitative estimate of drug-likeness (QED) is 0.903. The molecule has 0 amide bonds. The molecule has 1 aliphatic carbocycles. The van der Waals surface area contributed by atoms with Gasteiger partial charge in [0.25, 0.3) is 0 Å². The molecule has 1 heterocycles. The second kappa shape index (κ2) is 5.31. The van der Waals surface area contributed by atoms with E-state index >= 15 is 0 Å². The van der Waals surface area contributed by atoms with Crippen molar-refractivity contribution in [3.05, 3.63) is 15.9 Å². The number of halogens is 1. The van der Waals surface area contributed by atoms with Gasteiger partial charge < -0.3 is 10.2 Å². The van der Waals surface area contributed by atoms with Crippen molar-refractivity contribution >= 4 is 15.9 Å². The fourth-order valence-corrected chi connectivity index (χ4v) is 3.13. The van der Waals surface area contributed by atoms with Crippen LogP contribution >= 0.6 is 15.9 Å². The Morgan fingerprint density at radius 2 is 2.11 bits per heavy atom. The molecule has 4 nitrogen and oxygen atoms in total. The Kier molecular flexibility index (Phi) is 4.14. The van der Waals surface area contributed by atoms with E-state index in [0.29, 0.717) is 5.54 Å². The van der Waals surface area contributed by atoms with E-state index in [9.17, 15) is 0 Å². The maximum absolute atomic E-state index is 4.41. The fourth-order valence-electron chi connectivity index (χ4n) is 2.65. The molecule has 102 valence electrons. The van der Waals surface area contributed by atoms with E-state index in [0.717, 1.165) is 23.3 Å². The first kappa shape index (κ1) is 14.0. The molecule has 0 radical (unpaired) electrons. The van der Waals surface area contributed by atoms with Gasteiger partial charge in [0.15, 0.2) is 0 Å². The van der Waals surface area contributed by atoms with E-state index < -0.39 is 0 Å². The minimum atomic E-state index is 0.375. The molecular formula is C13H23BrN4. The first-order chi connectivity index (χ1) is 8.46. The monoisotopic (exact) mass is 314 g/mol. The summed E-state index contributed by atoms with van der Waals surface area (Å²) >= 11 is 3.61. The number of aromatic nitrogens is 2. The summed E-state index contributed by atoms with van der Waals surface area (Å²) < 4.78 is 3.08. The maximum atomic E-state index is 4.41. The van der Waals surface area contributed by atoms with E-state index in [2.05, 4.69) is 45.3 Å². The van der Waals surface area contributed by atoms with Crippen LogP contribution in [-0.2, 0) is 13.6 Å². The number of rotatable bonds is 5. The Morgan fingerprint density at radius 1 is 1.44 bits per heavy atom. The predicted octanol–water partition coefficient (Wildman–Crippen LogP) is 2.06. The first-order valence-corrected chi connectivity index (χ1v) is 7.32. The van der Waals surface area contributed by atoms with Crippen molar-refractivity contribution in [3.63, 3.8) is 0 Å². The minimum absolute atomic E-state index is 0.375. The van der Waals surface area contributed by atoms with Gasteiger partial charge in [-0.05, 0) is 56.2 Å². The highest BCUT2D eigenvalue weighted by molar-refractivity contribution is 9.10. The molecule has 0 saturated heterocycles. The average molecular weight is 315 g/mol. The van der Waals surface area contributed by atoms with Gasteiger partial charge in [-0.15, -0.1) is 0 Å². The number of aryl methyl sites for hydroxylation is 2. The lowest BCUT2D eigenvalue weighted by molar-refractivity contribution is 0.0596. The molecule has 18 heavy (non-hydrogen) atoms. The summed E-state index contributed by atoms with van der Waals surface area (Å²) in [5.74, 6) is 0. The van der Waals surface area contributed by atoms with Crippen LogP contribution in [0.1, 0.15) is 30.7 Å². The third-order valence-electron chi connectivity index (χ3n) is 4.24. The minimum Gasteiger partial charge on any atom is -0.309 e. The van der Waals surface area contributed by atoms with E-state index in [-0.39, 0.29) is 0 Å². The van der Waals surface area contributed by atoms with Gasteiger partial charge in [0.05, 0.1) is 15.9 Å². The van der Waals surface area contributed by atoms with Gasteiger partial charge in [-0.25, -0.2) is 0 Å². The number of nitrogens with one attached hydrogen (secondary N) is 1. The molecule has 1 aliphatic rings. The van der Waals surface area contributed by atoms with Crippen LogP contribution in [-0.4, -0.2) is 40.9 Å². The molecule has 1 aromatic rings. The number of hydrogen-bond acceptors (Lipinski definition) is 3. The summed E-state index contributed by atoms with van der Waals surface area (Å²) in [6.45, 7) is 3.95. The Labute approximate surface area is 118 Å². The van der Waals surface area contributed by atoms with E-state index in [1.165, 1.54) is 25.0 Å². The number of hydrogen-bond donors (Lipinski definition) is 1. The zero-order chi connectivity index (χ0) is 13.3.